The minimum absolute atomic E-state index is 0.115. The zero-order valence-corrected chi connectivity index (χ0v) is 18.0. The first-order chi connectivity index (χ1) is 14.3. The zero-order chi connectivity index (χ0) is 21.7. The highest BCUT2D eigenvalue weighted by molar-refractivity contribution is 7.89. The molecule has 0 aliphatic carbocycles. The molecule has 2 aromatic rings. The molecule has 6 nitrogen and oxygen atoms in total. The Hall–Kier alpha value is -2.45. The van der Waals surface area contributed by atoms with E-state index in [1.165, 1.54) is 10.4 Å². The van der Waals surface area contributed by atoms with E-state index in [-0.39, 0.29) is 11.6 Å². The number of methoxy groups -OCH3 is 1. The van der Waals surface area contributed by atoms with Crippen LogP contribution in [0.4, 0.5) is 4.39 Å². The lowest BCUT2D eigenvalue weighted by Gasteiger charge is -2.26. The van der Waals surface area contributed by atoms with E-state index in [1.807, 2.05) is 31.2 Å². The molecular weight excluding hydrogens is 407 g/mol. The number of benzene rings is 2. The van der Waals surface area contributed by atoms with Gasteiger partial charge in [0.15, 0.2) is 0 Å². The van der Waals surface area contributed by atoms with Crippen molar-refractivity contribution in [1.82, 2.24) is 9.62 Å². The molecule has 1 saturated heterocycles. The summed E-state index contributed by atoms with van der Waals surface area (Å²) in [6.45, 7) is 2.60. The monoisotopic (exact) mass is 434 g/mol. The molecule has 3 rings (SSSR count). The summed E-state index contributed by atoms with van der Waals surface area (Å²) in [4.78, 5) is 12.2. The van der Waals surface area contributed by atoms with E-state index < -0.39 is 26.6 Å². The highest BCUT2D eigenvalue weighted by Gasteiger charge is 2.29. The summed E-state index contributed by atoms with van der Waals surface area (Å²) in [5, 5.41) is 2.85. The molecule has 1 fully saturated rings. The highest BCUT2D eigenvalue weighted by Crippen LogP contribution is 2.24. The van der Waals surface area contributed by atoms with E-state index in [1.54, 1.807) is 7.11 Å². The van der Waals surface area contributed by atoms with E-state index in [0.717, 1.165) is 42.7 Å². The summed E-state index contributed by atoms with van der Waals surface area (Å²) >= 11 is 0. The quantitative estimate of drug-likeness (QED) is 0.725. The molecule has 0 radical (unpaired) electrons. The Bertz CT molecular complexity index is 1000. The predicted molar refractivity (Wildman–Crippen MR) is 113 cm³/mol. The van der Waals surface area contributed by atoms with Gasteiger partial charge in [0.2, 0.25) is 10.0 Å². The zero-order valence-electron chi connectivity index (χ0n) is 17.2. The molecule has 8 heteroatoms. The van der Waals surface area contributed by atoms with Crippen LogP contribution in [0.5, 0.6) is 5.75 Å². The first-order valence-electron chi connectivity index (χ1n) is 10.0. The van der Waals surface area contributed by atoms with Crippen molar-refractivity contribution < 1.29 is 22.3 Å². The van der Waals surface area contributed by atoms with Crippen LogP contribution >= 0.6 is 0 Å². The smallest absolute Gasteiger partial charge is 0.251 e. The van der Waals surface area contributed by atoms with Crippen molar-refractivity contribution in [2.45, 2.75) is 43.5 Å². The average molecular weight is 435 g/mol. The van der Waals surface area contributed by atoms with Gasteiger partial charge in [-0.05, 0) is 62.1 Å². The first-order valence-corrected chi connectivity index (χ1v) is 11.5. The van der Waals surface area contributed by atoms with Crippen molar-refractivity contribution in [3.05, 3.63) is 59.4 Å². The number of carbonyl (C=O) groups is 1. The molecule has 0 aromatic heterocycles. The number of piperidine rings is 1. The number of sulfonamides is 1. The van der Waals surface area contributed by atoms with Gasteiger partial charge >= 0.3 is 0 Å². The lowest BCUT2D eigenvalue weighted by molar-refractivity contribution is 0.0940. The molecule has 1 atom stereocenters. The fourth-order valence-corrected chi connectivity index (χ4v) is 5.21. The largest absolute Gasteiger partial charge is 0.497 e. The number of hydrogen-bond donors (Lipinski definition) is 1. The van der Waals surface area contributed by atoms with Crippen molar-refractivity contribution in [3.63, 3.8) is 0 Å². The topological polar surface area (TPSA) is 75.7 Å². The third-order valence-corrected chi connectivity index (χ3v) is 7.09. The maximum atomic E-state index is 14.4. The van der Waals surface area contributed by atoms with Crippen molar-refractivity contribution in [3.8, 4) is 5.75 Å². The van der Waals surface area contributed by atoms with Gasteiger partial charge in [-0.1, -0.05) is 18.6 Å². The van der Waals surface area contributed by atoms with E-state index in [0.29, 0.717) is 19.5 Å². The molecule has 0 spiro atoms. The molecule has 1 amide bonds. The second kappa shape index (κ2) is 9.57. The van der Waals surface area contributed by atoms with E-state index in [2.05, 4.69) is 5.32 Å². The molecule has 1 heterocycles. The Morgan fingerprint density at radius 2 is 1.90 bits per heavy atom. The second-order valence-electron chi connectivity index (χ2n) is 7.54. The van der Waals surface area contributed by atoms with Crippen molar-refractivity contribution >= 4 is 15.9 Å². The molecule has 1 N–H and O–H groups in total. The van der Waals surface area contributed by atoms with Crippen LogP contribution in [0, 0.1) is 5.82 Å². The lowest BCUT2D eigenvalue weighted by Crippen LogP contribution is -2.36. The lowest BCUT2D eigenvalue weighted by atomic mass is 10.1. The molecule has 1 aliphatic heterocycles. The third kappa shape index (κ3) is 5.17. The molecule has 1 unspecified atom stereocenters. The van der Waals surface area contributed by atoms with Gasteiger partial charge in [0.1, 0.15) is 16.5 Å². The Balaban J connectivity index is 1.74. The van der Waals surface area contributed by atoms with Crippen LogP contribution in [0.25, 0.3) is 0 Å². The van der Waals surface area contributed by atoms with Gasteiger partial charge < -0.3 is 10.1 Å². The number of hydrogen-bond acceptors (Lipinski definition) is 4. The van der Waals surface area contributed by atoms with Crippen molar-refractivity contribution in [1.29, 1.82) is 0 Å². The van der Waals surface area contributed by atoms with Gasteiger partial charge in [0, 0.05) is 24.7 Å². The van der Waals surface area contributed by atoms with E-state index in [4.69, 9.17) is 4.74 Å². The Kier molecular flexibility index (Phi) is 7.10. The normalized spacial score (nSPS) is 16.1. The minimum atomic E-state index is -3.97. The molecule has 162 valence electrons. The van der Waals surface area contributed by atoms with E-state index in [9.17, 15) is 17.6 Å². The summed E-state index contributed by atoms with van der Waals surface area (Å²) in [6.07, 6.45) is 3.04. The fraction of sp³-hybridized carbons (Fsp3) is 0.409. The van der Waals surface area contributed by atoms with Gasteiger partial charge in [0.25, 0.3) is 5.91 Å². The summed E-state index contributed by atoms with van der Waals surface area (Å²) in [6, 6.07) is 10.8. The number of rotatable bonds is 7. The van der Waals surface area contributed by atoms with Crippen LogP contribution in [0.1, 0.15) is 42.1 Å². The maximum Gasteiger partial charge on any atom is 0.251 e. The van der Waals surface area contributed by atoms with E-state index >= 15 is 0 Å². The summed E-state index contributed by atoms with van der Waals surface area (Å²) in [5.41, 5.74) is 1.11. The number of nitrogens with zero attached hydrogens (tertiary/aromatic N) is 1. The number of halogens is 1. The van der Waals surface area contributed by atoms with Crippen LogP contribution in [-0.4, -0.2) is 44.9 Å². The van der Waals surface area contributed by atoms with Crippen LogP contribution in [0.15, 0.2) is 47.4 Å². The maximum absolute atomic E-state index is 14.4. The summed E-state index contributed by atoms with van der Waals surface area (Å²) < 4.78 is 46.6. The average Bonchev–Trinajstić information content (AvgIpc) is 2.74. The van der Waals surface area contributed by atoms with Gasteiger partial charge in [-0.25, -0.2) is 12.8 Å². The Morgan fingerprint density at radius 3 is 2.60 bits per heavy atom. The number of nitrogens with one attached hydrogen (secondary N) is 1. The van der Waals surface area contributed by atoms with Crippen LogP contribution in [0.3, 0.4) is 0 Å². The number of carbonyl (C=O) groups excluding carboxylic acids is 1. The molecule has 1 aliphatic rings. The van der Waals surface area contributed by atoms with Gasteiger partial charge in [0.05, 0.1) is 7.11 Å². The fourth-order valence-electron chi connectivity index (χ4n) is 3.60. The molecular formula is C22H27FN2O4S. The van der Waals surface area contributed by atoms with Crippen molar-refractivity contribution in [2.75, 3.05) is 20.2 Å². The Morgan fingerprint density at radius 1 is 1.17 bits per heavy atom. The predicted octanol–water partition coefficient (Wildman–Crippen LogP) is 3.37. The van der Waals surface area contributed by atoms with Gasteiger partial charge in [-0.15, -0.1) is 0 Å². The SMILES string of the molecule is COc1cccc(CC(C)NC(=O)c2ccc(F)c(S(=O)(=O)N3CCCCC3)c2)c1. The molecule has 30 heavy (non-hydrogen) atoms. The standard InChI is InChI=1S/C22H27FN2O4S/c1-16(13-17-7-6-8-19(14-17)29-2)24-22(26)18-9-10-20(23)21(15-18)30(27,28)25-11-4-3-5-12-25/h6-10,14-16H,3-5,11-13H2,1-2H3,(H,24,26). The van der Waals surface area contributed by atoms with Gasteiger partial charge in [-0.3, -0.25) is 4.79 Å². The minimum Gasteiger partial charge on any atom is -0.497 e. The van der Waals surface area contributed by atoms with Crippen LogP contribution in [-0.2, 0) is 16.4 Å². The number of amides is 1. The van der Waals surface area contributed by atoms with Crippen LogP contribution in [0.2, 0.25) is 0 Å². The Labute approximate surface area is 177 Å². The van der Waals surface area contributed by atoms with Crippen LogP contribution < -0.4 is 10.1 Å². The van der Waals surface area contributed by atoms with Gasteiger partial charge in [-0.2, -0.15) is 4.31 Å². The third-order valence-electron chi connectivity index (χ3n) is 5.18. The second-order valence-corrected chi connectivity index (χ2v) is 9.45. The molecule has 0 saturated carbocycles. The summed E-state index contributed by atoms with van der Waals surface area (Å²) in [5.74, 6) is -0.556. The molecule has 2 aromatic carbocycles. The summed E-state index contributed by atoms with van der Waals surface area (Å²) in [7, 11) is -2.38. The van der Waals surface area contributed by atoms with Crippen molar-refractivity contribution in [2.24, 2.45) is 0 Å². The molecule has 0 bridgehead atoms. The first kappa shape index (κ1) is 22.2. The highest BCUT2D eigenvalue weighted by atomic mass is 32.2. The number of ether oxygens (including phenoxy) is 1.